The lowest BCUT2D eigenvalue weighted by atomic mass is 9.97. The molecule has 2 fully saturated rings. The van der Waals surface area contributed by atoms with Crippen LogP contribution in [0.3, 0.4) is 0 Å². The van der Waals surface area contributed by atoms with E-state index in [2.05, 4.69) is 44.0 Å². The van der Waals surface area contributed by atoms with Crippen molar-refractivity contribution in [2.24, 2.45) is 5.92 Å². The SMILES string of the molecule is O=C(NCc1ccncc1)[C@H]1CCCN(c2nc3ccccc3n2C2CCCC2)C1. The van der Waals surface area contributed by atoms with Gasteiger partial charge in [0.2, 0.25) is 11.9 Å². The molecule has 1 atom stereocenters. The summed E-state index contributed by atoms with van der Waals surface area (Å²) in [5.41, 5.74) is 3.36. The first-order valence-electron chi connectivity index (χ1n) is 11.2. The molecule has 3 heterocycles. The van der Waals surface area contributed by atoms with E-state index in [1.165, 1.54) is 31.2 Å². The van der Waals surface area contributed by atoms with Crippen LogP contribution in [0.2, 0.25) is 0 Å². The summed E-state index contributed by atoms with van der Waals surface area (Å²) in [5.74, 6) is 1.19. The van der Waals surface area contributed by atoms with Crippen LogP contribution < -0.4 is 10.2 Å². The van der Waals surface area contributed by atoms with Gasteiger partial charge in [-0.05, 0) is 55.5 Å². The fourth-order valence-electron chi connectivity index (χ4n) is 4.98. The number of nitrogens with zero attached hydrogens (tertiary/aromatic N) is 4. The van der Waals surface area contributed by atoms with Crippen molar-refractivity contribution in [2.75, 3.05) is 18.0 Å². The Hall–Kier alpha value is -2.89. The number of carbonyl (C=O) groups excluding carboxylic acids is 1. The molecule has 3 aromatic rings. The quantitative estimate of drug-likeness (QED) is 0.697. The normalized spacial score (nSPS) is 20.0. The predicted octanol–water partition coefficient (Wildman–Crippen LogP) is 4.08. The number of anilines is 1. The van der Waals surface area contributed by atoms with Crippen molar-refractivity contribution in [3.63, 3.8) is 0 Å². The predicted molar refractivity (Wildman–Crippen MR) is 118 cm³/mol. The van der Waals surface area contributed by atoms with Crippen LogP contribution in [0.4, 0.5) is 5.95 Å². The van der Waals surface area contributed by atoms with Gasteiger partial charge in [0, 0.05) is 38.1 Å². The monoisotopic (exact) mass is 403 g/mol. The zero-order chi connectivity index (χ0) is 20.3. The minimum absolute atomic E-state index is 0.00238. The molecule has 30 heavy (non-hydrogen) atoms. The molecule has 0 spiro atoms. The van der Waals surface area contributed by atoms with Gasteiger partial charge in [-0.3, -0.25) is 9.78 Å². The summed E-state index contributed by atoms with van der Waals surface area (Å²) in [6.45, 7) is 2.25. The highest BCUT2D eigenvalue weighted by atomic mass is 16.1. The van der Waals surface area contributed by atoms with Crippen LogP contribution in [0.5, 0.6) is 0 Å². The van der Waals surface area contributed by atoms with E-state index in [1.54, 1.807) is 12.4 Å². The molecule has 0 radical (unpaired) electrons. The standard InChI is InChI=1S/C24H29N5O/c30-23(26-16-18-11-13-25-14-12-18)19-6-5-15-28(17-19)24-27-21-9-3-4-10-22(21)29(24)20-7-1-2-8-20/h3-4,9-14,19-20H,1-2,5-8,15-17H2,(H,26,30)/t19-/m0/s1. The van der Waals surface area contributed by atoms with E-state index < -0.39 is 0 Å². The molecule has 1 amide bonds. The molecule has 1 saturated carbocycles. The molecule has 2 aromatic heterocycles. The van der Waals surface area contributed by atoms with Crippen molar-refractivity contribution in [3.8, 4) is 0 Å². The average molecular weight is 404 g/mol. The summed E-state index contributed by atoms with van der Waals surface area (Å²) in [6, 6.07) is 12.9. The van der Waals surface area contributed by atoms with Crippen LogP contribution in [0, 0.1) is 5.92 Å². The summed E-state index contributed by atoms with van der Waals surface area (Å²) >= 11 is 0. The highest BCUT2D eigenvalue weighted by Gasteiger charge is 2.31. The van der Waals surface area contributed by atoms with Crippen molar-refractivity contribution in [3.05, 3.63) is 54.4 Å². The van der Waals surface area contributed by atoms with Crippen molar-refractivity contribution < 1.29 is 4.79 Å². The number of pyridine rings is 1. The van der Waals surface area contributed by atoms with E-state index >= 15 is 0 Å². The summed E-state index contributed by atoms with van der Waals surface area (Å²) < 4.78 is 2.46. The summed E-state index contributed by atoms with van der Waals surface area (Å²) in [5, 5.41) is 3.12. The Balaban J connectivity index is 1.35. The third-order valence-corrected chi connectivity index (χ3v) is 6.56. The van der Waals surface area contributed by atoms with E-state index in [0.717, 1.165) is 43.0 Å². The number of piperidine rings is 1. The molecule has 5 rings (SSSR count). The number of imidazole rings is 1. The molecule has 2 aliphatic rings. The Kier molecular flexibility index (Phi) is 5.39. The summed E-state index contributed by atoms with van der Waals surface area (Å²) in [6.07, 6.45) is 10.5. The molecule has 156 valence electrons. The highest BCUT2D eigenvalue weighted by molar-refractivity contribution is 5.81. The Morgan fingerprint density at radius 1 is 1.03 bits per heavy atom. The van der Waals surface area contributed by atoms with Crippen LogP contribution >= 0.6 is 0 Å². The molecule has 0 bridgehead atoms. The van der Waals surface area contributed by atoms with Gasteiger partial charge in [0.15, 0.2) is 0 Å². The molecular formula is C24H29N5O. The lowest BCUT2D eigenvalue weighted by Crippen LogP contribution is -2.44. The Labute approximate surface area is 177 Å². The van der Waals surface area contributed by atoms with Crippen LogP contribution in [0.15, 0.2) is 48.8 Å². The molecule has 1 aliphatic carbocycles. The van der Waals surface area contributed by atoms with E-state index in [-0.39, 0.29) is 11.8 Å². The molecule has 0 unspecified atom stereocenters. The van der Waals surface area contributed by atoms with Crippen molar-refractivity contribution in [2.45, 2.75) is 51.1 Å². The Morgan fingerprint density at radius 3 is 2.67 bits per heavy atom. The van der Waals surface area contributed by atoms with Crippen molar-refractivity contribution in [1.29, 1.82) is 0 Å². The minimum atomic E-state index is -0.00238. The van der Waals surface area contributed by atoms with Crippen LogP contribution in [-0.4, -0.2) is 33.5 Å². The number of amides is 1. The van der Waals surface area contributed by atoms with E-state index in [0.29, 0.717) is 12.6 Å². The summed E-state index contributed by atoms with van der Waals surface area (Å²) in [7, 11) is 0. The first-order valence-corrected chi connectivity index (χ1v) is 11.2. The number of nitrogens with one attached hydrogen (secondary N) is 1. The van der Waals surface area contributed by atoms with Crippen LogP contribution in [0.1, 0.15) is 50.1 Å². The van der Waals surface area contributed by atoms with E-state index in [4.69, 9.17) is 4.98 Å². The number of rotatable bonds is 5. The van der Waals surface area contributed by atoms with Gasteiger partial charge in [0.25, 0.3) is 0 Å². The third-order valence-electron chi connectivity index (χ3n) is 6.56. The first-order chi connectivity index (χ1) is 14.8. The van der Waals surface area contributed by atoms with Crippen molar-refractivity contribution >= 4 is 22.9 Å². The third kappa shape index (κ3) is 3.78. The zero-order valence-electron chi connectivity index (χ0n) is 17.3. The molecule has 1 aliphatic heterocycles. The van der Waals surface area contributed by atoms with E-state index in [1.807, 2.05) is 12.1 Å². The Morgan fingerprint density at radius 2 is 1.83 bits per heavy atom. The molecule has 1 N–H and O–H groups in total. The lowest BCUT2D eigenvalue weighted by Gasteiger charge is -2.34. The van der Waals surface area contributed by atoms with Gasteiger partial charge in [-0.15, -0.1) is 0 Å². The van der Waals surface area contributed by atoms with Crippen molar-refractivity contribution in [1.82, 2.24) is 19.9 Å². The Bertz CT molecular complexity index is 1010. The highest BCUT2D eigenvalue weighted by Crippen LogP contribution is 2.37. The van der Waals surface area contributed by atoms with Gasteiger partial charge in [0.1, 0.15) is 0 Å². The molecule has 1 saturated heterocycles. The number of hydrogen-bond acceptors (Lipinski definition) is 4. The second-order valence-electron chi connectivity index (χ2n) is 8.57. The fourth-order valence-corrected chi connectivity index (χ4v) is 4.98. The topological polar surface area (TPSA) is 63.1 Å². The maximum atomic E-state index is 12.9. The van der Waals surface area contributed by atoms with Gasteiger partial charge in [-0.2, -0.15) is 0 Å². The fraction of sp³-hybridized carbons (Fsp3) is 0.458. The van der Waals surface area contributed by atoms with Gasteiger partial charge in [-0.1, -0.05) is 25.0 Å². The van der Waals surface area contributed by atoms with Crippen LogP contribution in [-0.2, 0) is 11.3 Å². The van der Waals surface area contributed by atoms with Gasteiger partial charge < -0.3 is 14.8 Å². The lowest BCUT2D eigenvalue weighted by molar-refractivity contribution is -0.125. The second kappa shape index (κ2) is 8.46. The van der Waals surface area contributed by atoms with Crippen LogP contribution in [0.25, 0.3) is 11.0 Å². The summed E-state index contributed by atoms with van der Waals surface area (Å²) in [4.78, 5) is 24.3. The van der Waals surface area contributed by atoms with Gasteiger partial charge in [-0.25, -0.2) is 4.98 Å². The number of hydrogen-bond donors (Lipinski definition) is 1. The zero-order valence-corrected chi connectivity index (χ0v) is 17.3. The molecule has 6 nitrogen and oxygen atoms in total. The minimum Gasteiger partial charge on any atom is -0.352 e. The number of para-hydroxylation sites is 2. The maximum Gasteiger partial charge on any atom is 0.225 e. The maximum absolute atomic E-state index is 12.9. The smallest absolute Gasteiger partial charge is 0.225 e. The number of carbonyl (C=O) groups is 1. The largest absolute Gasteiger partial charge is 0.352 e. The first kappa shape index (κ1) is 19.1. The van der Waals surface area contributed by atoms with Gasteiger partial charge >= 0.3 is 0 Å². The van der Waals surface area contributed by atoms with E-state index in [9.17, 15) is 4.79 Å². The van der Waals surface area contributed by atoms with Gasteiger partial charge in [0.05, 0.1) is 17.0 Å². The number of benzene rings is 1. The molecule has 1 aromatic carbocycles. The number of fused-ring (bicyclic) bond motifs is 1. The average Bonchev–Trinajstić information content (AvgIpc) is 3.46. The molecular weight excluding hydrogens is 374 g/mol. The number of aromatic nitrogens is 3. The molecule has 6 heteroatoms. The second-order valence-corrected chi connectivity index (χ2v) is 8.57.